The van der Waals surface area contributed by atoms with Gasteiger partial charge in [-0.05, 0) is 27.4 Å². The molecule has 0 spiro atoms. The monoisotopic (exact) mass is 169 g/mol. The normalized spacial score (nSPS) is 12.4. The van der Waals surface area contributed by atoms with Crippen molar-refractivity contribution in [3.8, 4) is 11.8 Å². The van der Waals surface area contributed by atoms with Crippen molar-refractivity contribution in [3.05, 3.63) is 0 Å². The van der Waals surface area contributed by atoms with E-state index >= 15 is 0 Å². The van der Waals surface area contributed by atoms with E-state index in [4.69, 9.17) is 5.84 Å². The van der Waals surface area contributed by atoms with E-state index in [0.29, 0.717) is 6.04 Å². The lowest BCUT2D eigenvalue weighted by atomic mass is 10.1. The Morgan fingerprint density at radius 2 is 2.17 bits per heavy atom. The number of hydrazine groups is 1. The molecule has 0 bridgehead atoms. The van der Waals surface area contributed by atoms with Crippen molar-refractivity contribution in [3.63, 3.8) is 0 Å². The minimum Gasteiger partial charge on any atom is -0.308 e. The van der Waals surface area contributed by atoms with Crippen LogP contribution in [-0.2, 0) is 0 Å². The first-order valence-corrected chi connectivity index (χ1v) is 4.21. The number of hydrogen-bond acceptors (Lipinski definition) is 3. The van der Waals surface area contributed by atoms with Crippen LogP contribution in [0.25, 0.3) is 0 Å². The van der Waals surface area contributed by atoms with Gasteiger partial charge >= 0.3 is 0 Å². The van der Waals surface area contributed by atoms with Gasteiger partial charge in [-0.2, -0.15) is 0 Å². The molecule has 0 saturated carbocycles. The summed E-state index contributed by atoms with van der Waals surface area (Å²) in [7, 11) is 4.08. The molecule has 0 heterocycles. The average Bonchev–Trinajstić information content (AvgIpc) is 2.02. The lowest BCUT2D eigenvalue weighted by Crippen LogP contribution is -2.42. The number of nitrogens with two attached hydrogens (primary N) is 1. The quantitative estimate of drug-likeness (QED) is 0.350. The van der Waals surface area contributed by atoms with E-state index in [1.807, 2.05) is 21.0 Å². The maximum atomic E-state index is 5.38. The summed E-state index contributed by atoms with van der Waals surface area (Å²) in [4.78, 5) is 2.11. The maximum Gasteiger partial charge on any atom is 0.0346 e. The molecule has 0 radical (unpaired) electrons. The van der Waals surface area contributed by atoms with E-state index in [1.165, 1.54) is 0 Å². The molecule has 0 aromatic carbocycles. The molecule has 0 saturated heterocycles. The standard InChI is InChI=1S/C9H19N3/c1-4-5-6-7-9(11-10)8-12(2)3/h9,11H,6-8,10H2,1-3H3. The Morgan fingerprint density at radius 3 is 2.58 bits per heavy atom. The van der Waals surface area contributed by atoms with Gasteiger partial charge in [0.2, 0.25) is 0 Å². The Hall–Kier alpha value is -0.560. The zero-order chi connectivity index (χ0) is 9.40. The molecule has 3 heteroatoms. The predicted molar refractivity (Wildman–Crippen MR) is 52.3 cm³/mol. The molecule has 0 aliphatic heterocycles. The third kappa shape index (κ3) is 6.17. The van der Waals surface area contributed by atoms with Crippen LogP contribution in [0, 0.1) is 11.8 Å². The van der Waals surface area contributed by atoms with Crippen molar-refractivity contribution in [1.82, 2.24) is 10.3 Å². The largest absolute Gasteiger partial charge is 0.308 e. The molecule has 0 rings (SSSR count). The van der Waals surface area contributed by atoms with E-state index in [1.54, 1.807) is 0 Å². The molecule has 1 unspecified atom stereocenters. The summed E-state index contributed by atoms with van der Waals surface area (Å²) in [6, 6.07) is 0.348. The van der Waals surface area contributed by atoms with Crippen molar-refractivity contribution >= 4 is 0 Å². The van der Waals surface area contributed by atoms with E-state index in [-0.39, 0.29) is 0 Å². The Morgan fingerprint density at radius 1 is 1.50 bits per heavy atom. The lowest BCUT2D eigenvalue weighted by Gasteiger charge is -2.18. The second kappa shape index (κ2) is 7.11. The third-order valence-corrected chi connectivity index (χ3v) is 1.62. The van der Waals surface area contributed by atoms with Crippen LogP contribution in [0.2, 0.25) is 0 Å². The van der Waals surface area contributed by atoms with Crippen molar-refractivity contribution < 1.29 is 0 Å². The number of rotatable bonds is 5. The lowest BCUT2D eigenvalue weighted by molar-refractivity contribution is 0.330. The summed E-state index contributed by atoms with van der Waals surface area (Å²) in [6.07, 6.45) is 1.93. The molecule has 0 amide bonds. The van der Waals surface area contributed by atoms with Gasteiger partial charge in [0.05, 0.1) is 0 Å². The van der Waals surface area contributed by atoms with Crippen LogP contribution in [0.15, 0.2) is 0 Å². The topological polar surface area (TPSA) is 41.3 Å². The van der Waals surface area contributed by atoms with Crippen molar-refractivity contribution in [2.75, 3.05) is 20.6 Å². The Bertz CT molecular complexity index is 155. The molecule has 3 N–H and O–H groups in total. The van der Waals surface area contributed by atoms with Gasteiger partial charge in [0.15, 0.2) is 0 Å². The Kier molecular flexibility index (Phi) is 6.78. The van der Waals surface area contributed by atoms with Gasteiger partial charge < -0.3 is 4.90 Å². The zero-order valence-corrected chi connectivity index (χ0v) is 8.22. The fraction of sp³-hybridized carbons (Fsp3) is 0.778. The van der Waals surface area contributed by atoms with E-state index in [0.717, 1.165) is 19.4 Å². The summed E-state index contributed by atoms with van der Waals surface area (Å²) in [5.74, 6) is 11.3. The number of nitrogens with one attached hydrogen (secondary N) is 1. The van der Waals surface area contributed by atoms with Crippen LogP contribution in [0.3, 0.4) is 0 Å². The summed E-state index contributed by atoms with van der Waals surface area (Å²) in [6.45, 7) is 2.82. The van der Waals surface area contributed by atoms with Gasteiger partial charge in [-0.15, -0.1) is 11.8 Å². The smallest absolute Gasteiger partial charge is 0.0346 e. The van der Waals surface area contributed by atoms with E-state index < -0.39 is 0 Å². The second-order valence-electron chi connectivity index (χ2n) is 3.09. The molecule has 0 aromatic heterocycles. The van der Waals surface area contributed by atoms with Crippen LogP contribution < -0.4 is 11.3 Å². The predicted octanol–water partition coefficient (Wildman–Crippen LogP) is 0.183. The highest BCUT2D eigenvalue weighted by atomic mass is 15.3. The zero-order valence-electron chi connectivity index (χ0n) is 8.22. The molecule has 70 valence electrons. The average molecular weight is 169 g/mol. The highest BCUT2D eigenvalue weighted by Crippen LogP contribution is 1.96. The highest BCUT2D eigenvalue weighted by molar-refractivity contribution is 4.95. The Labute approximate surface area is 75.3 Å². The number of hydrogen-bond donors (Lipinski definition) is 2. The van der Waals surface area contributed by atoms with Crippen molar-refractivity contribution in [2.24, 2.45) is 5.84 Å². The van der Waals surface area contributed by atoms with Gasteiger partial charge in [-0.3, -0.25) is 11.3 Å². The number of nitrogens with zero attached hydrogens (tertiary/aromatic N) is 1. The van der Waals surface area contributed by atoms with Crippen molar-refractivity contribution in [1.29, 1.82) is 0 Å². The van der Waals surface area contributed by atoms with Crippen LogP contribution in [0.4, 0.5) is 0 Å². The minimum atomic E-state index is 0.348. The van der Waals surface area contributed by atoms with Crippen LogP contribution in [0.5, 0.6) is 0 Å². The van der Waals surface area contributed by atoms with Gasteiger partial charge in [0.1, 0.15) is 0 Å². The first-order valence-electron chi connectivity index (χ1n) is 4.21. The first kappa shape index (κ1) is 11.4. The Balaban J connectivity index is 3.57. The molecule has 0 aliphatic carbocycles. The van der Waals surface area contributed by atoms with Gasteiger partial charge in [-0.1, -0.05) is 0 Å². The minimum absolute atomic E-state index is 0.348. The van der Waals surface area contributed by atoms with Gasteiger partial charge in [-0.25, -0.2) is 0 Å². The SMILES string of the molecule is CC#CCCC(CN(C)C)NN. The molecule has 0 fully saturated rings. The molecule has 3 nitrogen and oxygen atoms in total. The fourth-order valence-corrected chi connectivity index (χ4v) is 1.04. The van der Waals surface area contributed by atoms with E-state index in [9.17, 15) is 0 Å². The van der Waals surface area contributed by atoms with Crippen molar-refractivity contribution in [2.45, 2.75) is 25.8 Å². The van der Waals surface area contributed by atoms with Gasteiger partial charge in [0, 0.05) is 19.0 Å². The molecular formula is C9H19N3. The highest BCUT2D eigenvalue weighted by Gasteiger charge is 2.05. The molecule has 0 aliphatic rings. The maximum absolute atomic E-state index is 5.38. The number of likely N-dealkylation sites (N-methyl/N-ethyl adjacent to an activating group) is 1. The molecular weight excluding hydrogens is 150 g/mol. The molecule has 1 atom stereocenters. The first-order chi connectivity index (χ1) is 5.70. The summed E-state index contributed by atoms with van der Waals surface area (Å²) < 4.78 is 0. The van der Waals surface area contributed by atoms with Crippen LogP contribution in [0.1, 0.15) is 19.8 Å². The fourth-order valence-electron chi connectivity index (χ4n) is 1.04. The van der Waals surface area contributed by atoms with E-state index in [2.05, 4.69) is 22.2 Å². The summed E-state index contributed by atoms with van der Waals surface area (Å²) in [5, 5.41) is 0. The summed E-state index contributed by atoms with van der Waals surface area (Å²) >= 11 is 0. The van der Waals surface area contributed by atoms with Gasteiger partial charge in [0.25, 0.3) is 0 Å². The summed E-state index contributed by atoms with van der Waals surface area (Å²) in [5.41, 5.74) is 2.78. The third-order valence-electron chi connectivity index (χ3n) is 1.62. The molecule has 0 aromatic rings. The van der Waals surface area contributed by atoms with Crippen LogP contribution >= 0.6 is 0 Å². The van der Waals surface area contributed by atoms with Crippen LogP contribution in [-0.4, -0.2) is 31.6 Å². The molecule has 12 heavy (non-hydrogen) atoms. The second-order valence-corrected chi connectivity index (χ2v) is 3.09.